The largest absolute Gasteiger partial charge is 0.388 e. The van der Waals surface area contributed by atoms with Crippen molar-refractivity contribution in [2.24, 2.45) is 0 Å². The molecule has 0 aliphatic carbocycles. The molecule has 0 bridgehead atoms. The zero-order valence-electron chi connectivity index (χ0n) is 14.2. The summed E-state index contributed by atoms with van der Waals surface area (Å²) in [5, 5.41) is 29.6. The number of hydrogen-bond acceptors (Lipinski definition) is 6. The van der Waals surface area contributed by atoms with Crippen molar-refractivity contribution < 1.29 is 43.0 Å². The summed E-state index contributed by atoms with van der Waals surface area (Å²) in [6, 6.07) is 3.15. The fraction of sp³-hybridized carbons (Fsp3) is 0.625. The third-order valence-corrected chi connectivity index (χ3v) is 6.00. The van der Waals surface area contributed by atoms with Crippen LogP contribution in [0.3, 0.4) is 0 Å². The lowest BCUT2D eigenvalue weighted by Gasteiger charge is -2.40. The number of benzene rings is 1. The summed E-state index contributed by atoms with van der Waals surface area (Å²) in [5.74, 6) is -1.83. The smallest absolute Gasteiger partial charge is 0.205 e. The Balaban J connectivity index is 2.02. The fourth-order valence-electron chi connectivity index (χ4n) is 2.80. The summed E-state index contributed by atoms with van der Waals surface area (Å²) >= 11 is 0. The predicted octanol–water partition coefficient (Wildman–Crippen LogP) is 0.969. The number of ether oxygens (including phenoxy) is 2. The van der Waals surface area contributed by atoms with Crippen LogP contribution in [0.15, 0.2) is 18.2 Å². The van der Waals surface area contributed by atoms with Crippen molar-refractivity contribution in [2.45, 2.75) is 50.2 Å². The summed E-state index contributed by atoms with van der Waals surface area (Å²) in [5.41, 5.74) is -0.480. The van der Waals surface area contributed by atoms with E-state index in [2.05, 4.69) is 0 Å². The lowest BCUT2D eigenvalue weighted by atomic mass is 9.97. The van der Waals surface area contributed by atoms with Gasteiger partial charge in [-0.2, -0.15) is 0 Å². The fourth-order valence-corrected chi connectivity index (χ4v) is 4.41. The number of hydrogen-bond donors (Lipinski definition) is 4. The summed E-state index contributed by atoms with van der Waals surface area (Å²) in [4.78, 5) is 10.1. The third kappa shape index (κ3) is 5.07. The summed E-state index contributed by atoms with van der Waals surface area (Å²) in [6.07, 6.45) is -8.04. The van der Waals surface area contributed by atoms with E-state index in [9.17, 15) is 33.6 Å². The molecule has 1 aliphatic rings. The highest BCUT2D eigenvalue weighted by atomic mass is 31.2. The molecule has 0 radical (unpaired) electrons. The van der Waals surface area contributed by atoms with Gasteiger partial charge in [-0.05, 0) is 25.5 Å². The second kappa shape index (κ2) is 8.84. The number of halogens is 2. The lowest BCUT2D eigenvalue weighted by molar-refractivity contribution is -0.295. The molecule has 148 valence electrons. The zero-order valence-corrected chi connectivity index (χ0v) is 15.1. The Bertz CT molecular complexity index is 639. The Morgan fingerprint density at radius 2 is 1.77 bits per heavy atom. The quantitative estimate of drug-likeness (QED) is 0.508. The van der Waals surface area contributed by atoms with E-state index in [1.165, 1.54) is 0 Å². The van der Waals surface area contributed by atoms with Crippen LogP contribution >= 0.6 is 7.37 Å². The van der Waals surface area contributed by atoms with E-state index in [-0.39, 0.29) is 13.0 Å². The molecular formula is C16H23F2O7P. The van der Waals surface area contributed by atoms with Crippen LogP contribution in [0.5, 0.6) is 0 Å². The van der Waals surface area contributed by atoms with Crippen LogP contribution in [-0.2, 0) is 20.2 Å². The Hall–Kier alpha value is -0.930. The van der Waals surface area contributed by atoms with Crippen molar-refractivity contribution in [3.63, 3.8) is 0 Å². The van der Waals surface area contributed by atoms with Crippen molar-refractivity contribution in [1.82, 2.24) is 0 Å². The molecule has 2 rings (SSSR count). The summed E-state index contributed by atoms with van der Waals surface area (Å²) < 4.78 is 50.1. The van der Waals surface area contributed by atoms with Gasteiger partial charge in [-0.3, -0.25) is 4.57 Å². The zero-order chi connectivity index (χ0) is 19.5. The summed E-state index contributed by atoms with van der Waals surface area (Å²) in [7, 11) is -3.99. The molecule has 4 N–H and O–H groups in total. The van der Waals surface area contributed by atoms with E-state index in [0.29, 0.717) is 0 Å². The van der Waals surface area contributed by atoms with Crippen LogP contribution in [0.1, 0.15) is 18.9 Å². The minimum Gasteiger partial charge on any atom is -0.388 e. The van der Waals surface area contributed by atoms with Crippen molar-refractivity contribution in [3.05, 3.63) is 35.4 Å². The molecule has 0 amide bonds. The average molecular weight is 396 g/mol. The Labute approximate surface area is 149 Å². The van der Waals surface area contributed by atoms with Gasteiger partial charge in [0, 0.05) is 18.3 Å². The third-order valence-electron chi connectivity index (χ3n) is 4.23. The molecule has 1 saturated heterocycles. The highest BCUT2D eigenvalue weighted by molar-refractivity contribution is 7.57. The number of aliphatic hydroxyl groups is 3. The van der Waals surface area contributed by atoms with Crippen molar-refractivity contribution >= 4 is 7.37 Å². The molecule has 0 aromatic heterocycles. The van der Waals surface area contributed by atoms with E-state index in [1.54, 1.807) is 6.92 Å². The van der Waals surface area contributed by atoms with E-state index < -0.39 is 67.6 Å². The van der Waals surface area contributed by atoms with E-state index >= 15 is 0 Å². The van der Waals surface area contributed by atoms with Gasteiger partial charge < -0.3 is 29.7 Å². The van der Waals surface area contributed by atoms with Gasteiger partial charge in [-0.25, -0.2) is 8.78 Å². The van der Waals surface area contributed by atoms with Gasteiger partial charge in [0.05, 0.1) is 12.3 Å². The summed E-state index contributed by atoms with van der Waals surface area (Å²) in [6.45, 7) is 1.83. The highest BCUT2D eigenvalue weighted by Crippen LogP contribution is 2.46. The first-order valence-electron chi connectivity index (χ1n) is 8.21. The van der Waals surface area contributed by atoms with Crippen molar-refractivity contribution in [3.8, 4) is 0 Å². The van der Waals surface area contributed by atoms with Gasteiger partial charge in [-0.15, -0.1) is 0 Å². The van der Waals surface area contributed by atoms with Crippen LogP contribution in [0.4, 0.5) is 8.78 Å². The molecule has 7 nitrogen and oxygen atoms in total. The van der Waals surface area contributed by atoms with Gasteiger partial charge in [0.1, 0.15) is 29.9 Å². The van der Waals surface area contributed by atoms with Crippen LogP contribution in [0, 0.1) is 11.6 Å². The molecule has 1 fully saturated rings. The standard InChI is InChI=1S/C16H23F2O7P/c1-2-24-16-15(21)14(20)13(19)12(25-16)6-7-26(22,23)8-9-10(17)4-3-5-11(9)18/h3-5,12-16,19-21H,2,6-8H2,1H3,(H,22,23)/t12-,13-,14+,15+,16+/m1/s1. The Morgan fingerprint density at radius 3 is 2.35 bits per heavy atom. The number of aliphatic hydroxyl groups excluding tert-OH is 3. The predicted molar refractivity (Wildman–Crippen MR) is 87.7 cm³/mol. The molecule has 0 spiro atoms. The van der Waals surface area contributed by atoms with E-state index in [4.69, 9.17) is 9.47 Å². The Kier molecular flexibility index (Phi) is 7.27. The van der Waals surface area contributed by atoms with Gasteiger partial charge >= 0.3 is 0 Å². The van der Waals surface area contributed by atoms with Crippen molar-refractivity contribution in [1.29, 1.82) is 0 Å². The molecule has 6 atom stereocenters. The first kappa shape index (κ1) is 21.4. The average Bonchev–Trinajstić information content (AvgIpc) is 2.58. The molecule has 1 aliphatic heterocycles. The van der Waals surface area contributed by atoms with Crippen LogP contribution in [0.2, 0.25) is 0 Å². The molecule has 0 saturated carbocycles. The maximum absolute atomic E-state index is 13.7. The lowest BCUT2D eigenvalue weighted by Crippen LogP contribution is -2.58. The van der Waals surface area contributed by atoms with Gasteiger partial charge in [0.2, 0.25) is 7.37 Å². The Morgan fingerprint density at radius 1 is 1.15 bits per heavy atom. The normalized spacial score (nSPS) is 31.6. The second-order valence-corrected chi connectivity index (χ2v) is 8.64. The minimum atomic E-state index is -3.99. The van der Waals surface area contributed by atoms with E-state index in [0.717, 1.165) is 18.2 Å². The maximum atomic E-state index is 13.7. The molecule has 1 aromatic rings. The molecule has 26 heavy (non-hydrogen) atoms. The monoisotopic (exact) mass is 396 g/mol. The van der Waals surface area contributed by atoms with Gasteiger partial charge in [-0.1, -0.05) is 6.07 Å². The van der Waals surface area contributed by atoms with Crippen molar-refractivity contribution in [2.75, 3.05) is 12.8 Å². The first-order chi connectivity index (χ1) is 12.2. The van der Waals surface area contributed by atoms with Crippen LogP contribution in [-0.4, -0.2) is 63.7 Å². The van der Waals surface area contributed by atoms with E-state index in [1.807, 2.05) is 0 Å². The molecular weight excluding hydrogens is 373 g/mol. The molecule has 1 unspecified atom stereocenters. The van der Waals surface area contributed by atoms with Gasteiger partial charge in [0.15, 0.2) is 6.29 Å². The maximum Gasteiger partial charge on any atom is 0.205 e. The van der Waals surface area contributed by atoms with Gasteiger partial charge in [0.25, 0.3) is 0 Å². The SMILES string of the molecule is CCO[C@H]1O[C@H](CCP(=O)(O)Cc2c(F)cccc2F)[C@@H](O)[C@H](O)[C@@H]1O. The first-order valence-corrected chi connectivity index (χ1v) is 10.2. The topological polar surface area (TPSA) is 116 Å². The highest BCUT2D eigenvalue weighted by Gasteiger charge is 2.44. The molecule has 1 heterocycles. The second-order valence-electron chi connectivity index (χ2n) is 6.19. The molecule has 1 aromatic carbocycles. The number of rotatable bonds is 7. The molecule has 10 heteroatoms. The van der Waals surface area contributed by atoms with Crippen LogP contribution in [0.25, 0.3) is 0 Å². The van der Waals surface area contributed by atoms with Crippen LogP contribution < -0.4 is 0 Å². The minimum absolute atomic E-state index is 0.168.